The lowest BCUT2D eigenvalue weighted by Crippen LogP contribution is -2.09. The summed E-state index contributed by atoms with van der Waals surface area (Å²) in [5.74, 6) is -1.35. The number of methoxy groups -OCH3 is 2. The van der Waals surface area contributed by atoms with Gasteiger partial charge in [0, 0.05) is 18.6 Å². The lowest BCUT2D eigenvalue weighted by Gasteiger charge is -2.03. The van der Waals surface area contributed by atoms with Crippen molar-refractivity contribution in [3.63, 3.8) is 0 Å². The Morgan fingerprint density at radius 2 is 1.70 bits per heavy atom. The molecule has 0 fully saturated rings. The van der Waals surface area contributed by atoms with Crippen LogP contribution in [0, 0.1) is 0 Å². The fraction of sp³-hybridized carbons (Fsp3) is 0.214. The number of esters is 2. The van der Waals surface area contributed by atoms with E-state index in [1.807, 2.05) is 0 Å². The molecular formula is C14H13NO5. The largest absolute Gasteiger partial charge is 0.465 e. The third-order valence-corrected chi connectivity index (χ3v) is 2.93. The second-order valence-electron chi connectivity index (χ2n) is 4.16. The Kier molecular flexibility index (Phi) is 3.56. The van der Waals surface area contributed by atoms with Gasteiger partial charge in [0.05, 0.1) is 25.3 Å². The zero-order chi connectivity index (χ0) is 14.9. The molecule has 2 aromatic rings. The van der Waals surface area contributed by atoms with E-state index >= 15 is 0 Å². The molecule has 6 heteroatoms. The number of hydrogen-bond acceptors (Lipinski definition) is 5. The highest BCUT2D eigenvalue weighted by molar-refractivity contribution is 6.06. The maximum Gasteiger partial charge on any atom is 0.340 e. The summed E-state index contributed by atoms with van der Waals surface area (Å²) in [5.41, 5.74) is 1.27. The number of fused-ring (bicyclic) bond motifs is 1. The molecule has 104 valence electrons. The van der Waals surface area contributed by atoms with Gasteiger partial charge in [0.2, 0.25) is 0 Å². The minimum absolute atomic E-state index is 0.169. The summed E-state index contributed by atoms with van der Waals surface area (Å²) in [5, 5.41) is 0. The molecule has 2 rings (SSSR count). The molecule has 0 aliphatic heterocycles. The van der Waals surface area contributed by atoms with E-state index in [1.54, 1.807) is 16.7 Å². The topological polar surface area (TPSA) is 74.1 Å². The first-order valence-electron chi connectivity index (χ1n) is 5.82. The van der Waals surface area contributed by atoms with Crippen LogP contribution in [0.3, 0.4) is 0 Å². The molecule has 0 spiro atoms. The van der Waals surface area contributed by atoms with Crippen LogP contribution in [-0.2, 0) is 9.47 Å². The molecule has 0 atom stereocenters. The summed E-state index contributed by atoms with van der Waals surface area (Å²) >= 11 is 0. The van der Waals surface area contributed by atoms with Crippen LogP contribution in [0.1, 0.15) is 38.1 Å². The van der Waals surface area contributed by atoms with Crippen LogP contribution in [0.2, 0.25) is 0 Å². The Morgan fingerprint density at radius 1 is 1.05 bits per heavy atom. The highest BCUT2D eigenvalue weighted by Gasteiger charge is 2.21. The monoisotopic (exact) mass is 275 g/mol. The van der Waals surface area contributed by atoms with Crippen molar-refractivity contribution in [1.82, 2.24) is 4.40 Å². The van der Waals surface area contributed by atoms with Gasteiger partial charge in [-0.25, -0.2) is 9.59 Å². The normalized spacial score (nSPS) is 10.3. The fourth-order valence-corrected chi connectivity index (χ4v) is 2.05. The molecule has 0 unspecified atom stereocenters. The molecule has 20 heavy (non-hydrogen) atoms. The Balaban J connectivity index is 2.70. The van der Waals surface area contributed by atoms with E-state index in [4.69, 9.17) is 0 Å². The average molecular weight is 275 g/mol. The van der Waals surface area contributed by atoms with Gasteiger partial charge in [0.25, 0.3) is 0 Å². The third kappa shape index (κ3) is 2.16. The van der Waals surface area contributed by atoms with Crippen LogP contribution in [0.25, 0.3) is 5.52 Å². The number of pyridine rings is 1. The molecule has 0 bridgehead atoms. The third-order valence-electron chi connectivity index (χ3n) is 2.93. The number of carbonyl (C=O) groups excluding carboxylic acids is 3. The molecule has 0 radical (unpaired) electrons. The van der Waals surface area contributed by atoms with Gasteiger partial charge in [-0.3, -0.25) is 4.79 Å². The van der Waals surface area contributed by atoms with Gasteiger partial charge in [-0.05, 0) is 18.2 Å². The molecule has 0 saturated heterocycles. The lowest BCUT2D eigenvalue weighted by atomic mass is 10.2. The Hall–Kier alpha value is -2.63. The number of ether oxygens (including phenoxy) is 2. The van der Waals surface area contributed by atoms with Gasteiger partial charge >= 0.3 is 11.9 Å². The SMILES string of the molecule is COC(=O)c1ccn2c(C(C)=O)c(C(=O)OC)cc2c1. The van der Waals surface area contributed by atoms with Gasteiger partial charge in [-0.1, -0.05) is 0 Å². The first-order chi connectivity index (χ1) is 9.49. The van der Waals surface area contributed by atoms with E-state index in [1.165, 1.54) is 33.3 Å². The molecule has 0 aliphatic rings. The van der Waals surface area contributed by atoms with Crippen LogP contribution in [0.5, 0.6) is 0 Å². The summed E-state index contributed by atoms with van der Waals surface area (Å²) in [4.78, 5) is 34.9. The van der Waals surface area contributed by atoms with Gasteiger partial charge in [-0.2, -0.15) is 0 Å². The summed E-state index contributed by atoms with van der Waals surface area (Å²) in [7, 11) is 2.53. The number of Topliss-reactive ketones (excluding diaryl/α,β-unsaturated/α-hetero) is 1. The minimum atomic E-state index is -0.599. The maximum absolute atomic E-state index is 11.7. The lowest BCUT2D eigenvalue weighted by molar-refractivity contribution is 0.0590. The number of hydrogen-bond donors (Lipinski definition) is 0. The van der Waals surface area contributed by atoms with Gasteiger partial charge in [0.1, 0.15) is 5.69 Å². The van der Waals surface area contributed by atoms with E-state index in [0.717, 1.165) is 0 Å². The smallest absolute Gasteiger partial charge is 0.340 e. The van der Waals surface area contributed by atoms with Crippen LogP contribution in [0.15, 0.2) is 24.4 Å². The quantitative estimate of drug-likeness (QED) is 0.629. The number of rotatable bonds is 3. The van der Waals surface area contributed by atoms with Gasteiger partial charge in [0.15, 0.2) is 5.78 Å². The average Bonchev–Trinajstić information content (AvgIpc) is 2.83. The summed E-state index contributed by atoms with van der Waals surface area (Å²) in [6, 6.07) is 4.58. The van der Waals surface area contributed by atoms with Gasteiger partial charge in [-0.15, -0.1) is 0 Å². The molecule has 0 N–H and O–H groups in total. The van der Waals surface area contributed by atoms with E-state index in [9.17, 15) is 14.4 Å². The van der Waals surface area contributed by atoms with E-state index in [-0.39, 0.29) is 17.0 Å². The highest BCUT2D eigenvalue weighted by Crippen LogP contribution is 2.20. The maximum atomic E-state index is 11.7. The molecule has 6 nitrogen and oxygen atoms in total. The first kappa shape index (κ1) is 13.8. The van der Waals surface area contributed by atoms with Crippen molar-refractivity contribution < 1.29 is 23.9 Å². The van der Waals surface area contributed by atoms with Crippen molar-refractivity contribution in [2.75, 3.05) is 14.2 Å². The van der Waals surface area contributed by atoms with Crippen molar-refractivity contribution in [2.45, 2.75) is 6.92 Å². The van der Waals surface area contributed by atoms with Crippen LogP contribution in [-0.4, -0.2) is 36.3 Å². The molecule has 0 aromatic carbocycles. The molecule has 2 aromatic heterocycles. The first-order valence-corrected chi connectivity index (χ1v) is 5.82. The summed E-state index contributed by atoms with van der Waals surface area (Å²) < 4.78 is 10.8. The van der Waals surface area contributed by atoms with E-state index in [2.05, 4.69) is 9.47 Å². The second kappa shape index (κ2) is 5.16. The van der Waals surface area contributed by atoms with Crippen LogP contribution >= 0.6 is 0 Å². The van der Waals surface area contributed by atoms with Crippen LogP contribution in [0.4, 0.5) is 0 Å². The highest BCUT2D eigenvalue weighted by atomic mass is 16.5. The molecular weight excluding hydrogens is 262 g/mol. The molecule has 2 heterocycles. The van der Waals surface area contributed by atoms with E-state index < -0.39 is 11.9 Å². The summed E-state index contributed by atoms with van der Waals surface area (Å²) in [6.07, 6.45) is 1.55. The van der Waals surface area contributed by atoms with E-state index in [0.29, 0.717) is 11.1 Å². The van der Waals surface area contributed by atoms with Crippen molar-refractivity contribution in [3.05, 3.63) is 41.2 Å². The number of nitrogens with zero attached hydrogens (tertiary/aromatic N) is 1. The zero-order valence-electron chi connectivity index (χ0n) is 11.3. The van der Waals surface area contributed by atoms with Crippen molar-refractivity contribution in [3.8, 4) is 0 Å². The predicted octanol–water partition coefficient (Wildman–Crippen LogP) is 1.72. The van der Waals surface area contributed by atoms with Gasteiger partial charge < -0.3 is 13.9 Å². The Morgan fingerprint density at radius 3 is 2.25 bits per heavy atom. The fourth-order valence-electron chi connectivity index (χ4n) is 2.05. The van der Waals surface area contributed by atoms with Crippen molar-refractivity contribution >= 4 is 23.2 Å². The summed E-state index contributed by atoms with van der Waals surface area (Å²) in [6.45, 7) is 1.36. The Labute approximate surface area is 114 Å². The number of carbonyl (C=O) groups is 3. The number of ketones is 1. The minimum Gasteiger partial charge on any atom is -0.465 e. The van der Waals surface area contributed by atoms with Crippen molar-refractivity contribution in [1.29, 1.82) is 0 Å². The Bertz CT molecular complexity index is 714. The number of aromatic nitrogens is 1. The molecule has 0 saturated carbocycles. The second-order valence-corrected chi connectivity index (χ2v) is 4.16. The predicted molar refractivity (Wildman–Crippen MR) is 70.1 cm³/mol. The molecule has 0 aliphatic carbocycles. The van der Waals surface area contributed by atoms with Crippen molar-refractivity contribution in [2.24, 2.45) is 0 Å². The van der Waals surface area contributed by atoms with Crippen LogP contribution < -0.4 is 0 Å². The molecule has 0 amide bonds. The zero-order valence-corrected chi connectivity index (χ0v) is 11.3. The standard InChI is InChI=1S/C14H13NO5/c1-8(16)12-11(14(18)20-3)7-10-6-9(13(17)19-2)4-5-15(10)12/h4-7H,1-3H3.